The molecule has 0 aromatic heterocycles. The highest BCUT2D eigenvalue weighted by molar-refractivity contribution is 7.41. The molecular formula is C27H15O3P. The van der Waals surface area contributed by atoms with Gasteiger partial charge in [0.25, 0.3) is 0 Å². The highest BCUT2D eigenvalue weighted by atomic mass is 31.2. The second kappa shape index (κ2) is 1.63. The first-order chi connectivity index (χ1) is 15.3. The van der Waals surface area contributed by atoms with Gasteiger partial charge in [-0.2, -0.15) is 0 Å². The number of rotatable bonds is 6. The molecule has 0 saturated heterocycles. The molecule has 0 aliphatic heterocycles. The van der Waals surface area contributed by atoms with E-state index in [4.69, 9.17) is 13.6 Å². The van der Waals surface area contributed by atoms with Gasteiger partial charge in [-0.1, -0.05) is 0 Å². The van der Waals surface area contributed by atoms with Crippen LogP contribution in [0.25, 0.3) is 0 Å². The summed E-state index contributed by atoms with van der Waals surface area (Å²) in [7, 11) is -1.03. The first-order valence-corrected chi connectivity index (χ1v) is 15.2. The van der Waals surface area contributed by atoms with Crippen LogP contribution in [0.15, 0.2) is 0 Å². The highest BCUT2D eigenvalue weighted by Gasteiger charge is 3.60. The minimum absolute atomic E-state index is 0.605. The molecule has 21 aliphatic rings. The van der Waals surface area contributed by atoms with Gasteiger partial charge in [-0.3, -0.25) is 0 Å². The molecule has 21 saturated carbocycles. The molecule has 0 amide bonds. The van der Waals surface area contributed by atoms with E-state index in [1.165, 1.54) is 17.8 Å². The van der Waals surface area contributed by atoms with E-state index in [-0.39, 0.29) is 0 Å². The summed E-state index contributed by atoms with van der Waals surface area (Å²) in [6, 6.07) is 0. The summed E-state index contributed by atoms with van der Waals surface area (Å²) in [6.07, 6.45) is 6.69. The van der Waals surface area contributed by atoms with Crippen LogP contribution >= 0.6 is 8.60 Å². The standard InChI is InChI=1S/C27H15O3P/c1-4-13(1)19(4)22-7-10(16(7,22)25(13,19)22)28-31(29-11-8-17(11)23(8)20-5-2-14(5,20)26(17,20)23)30-12-9-18(12)24(9)21-6-3-15(6,21)27(18,21)24/h4-12H,1-3H2. The zero-order valence-electron chi connectivity index (χ0n) is 16.5. The van der Waals surface area contributed by atoms with Crippen LogP contribution in [0.3, 0.4) is 0 Å². The topological polar surface area (TPSA) is 27.7 Å². The van der Waals surface area contributed by atoms with E-state index in [1.807, 2.05) is 0 Å². The molecule has 4 heteroatoms. The van der Waals surface area contributed by atoms with Crippen molar-refractivity contribution in [3.05, 3.63) is 0 Å². The van der Waals surface area contributed by atoms with E-state index in [0.29, 0.717) is 18.3 Å². The molecule has 146 valence electrons. The Kier molecular flexibility index (Phi) is 0.575. The van der Waals surface area contributed by atoms with Crippen LogP contribution in [0.2, 0.25) is 0 Å². The van der Waals surface area contributed by atoms with Gasteiger partial charge < -0.3 is 13.6 Å². The molecule has 21 rings (SSSR count). The zero-order chi connectivity index (χ0) is 17.5. The summed E-state index contributed by atoms with van der Waals surface area (Å²) in [6.45, 7) is 0. The lowest BCUT2D eigenvalue weighted by atomic mass is 10.00. The van der Waals surface area contributed by atoms with E-state index in [1.54, 1.807) is 19.3 Å². The largest absolute Gasteiger partial charge is 0.333 e. The van der Waals surface area contributed by atoms with Crippen LogP contribution in [-0.4, -0.2) is 18.3 Å². The fourth-order valence-corrected chi connectivity index (χ4v) is 25.0. The molecule has 0 radical (unpaired) electrons. The highest BCUT2D eigenvalue weighted by Crippen LogP contribution is 3.60. The van der Waals surface area contributed by atoms with Crippen molar-refractivity contribution in [3.63, 3.8) is 0 Å². The van der Waals surface area contributed by atoms with Gasteiger partial charge in [0.1, 0.15) is 0 Å². The summed E-state index contributed by atoms with van der Waals surface area (Å²) in [5, 5.41) is 0. The van der Waals surface area contributed by atoms with Crippen molar-refractivity contribution in [1.29, 1.82) is 0 Å². The number of hydrogen-bond acceptors (Lipinski definition) is 3. The minimum atomic E-state index is -1.03. The lowest BCUT2D eigenvalue weighted by Gasteiger charge is -2.25. The van der Waals surface area contributed by atoms with Gasteiger partial charge >= 0.3 is 8.60 Å². The Morgan fingerprint density at radius 2 is 0.839 bits per heavy atom. The molecule has 15 spiro atoms. The molecule has 0 aromatic rings. The van der Waals surface area contributed by atoms with E-state index >= 15 is 0 Å². The Labute approximate surface area is 176 Å². The molecule has 0 aromatic carbocycles. The van der Waals surface area contributed by atoms with Gasteiger partial charge in [0.15, 0.2) is 0 Å². The van der Waals surface area contributed by atoms with E-state index in [0.717, 1.165) is 99.0 Å². The maximum Gasteiger partial charge on any atom is 0.333 e. The second-order valence-corrected chi connectivity index (χ2v) is 19.2. The van der Waals surface area contributed by atoms with Gasteiger partial charge in [0.2, 0.25) is 0 Å². The van der Waals surface area contributed by atoms with E-state index in [2.05, 4.69) is 0 Å². The monoisotopic (exact) mass is 418 g/mol. The van der Waals surface area contributed by atoms with Gasteiger partial charge in [-0.05, 0) is 85.8 Å². The molecule has 21 fully saturated rings. The average Bonchev–Trinajstić information content (AvgIpc) is 3.49. The fraction of sp³-hybridized carbons (Fsp3) is 1.00. The Bertz CT molecular complexity index is 1580. The average molecular weight is 418 g/mol. The van der Waals surface area contributed by atoms with Crippen LogP contribution in [0.1, 0.15) is 19.3 Å². The molecule has 24 unspecified atom stereocenters. The van der Waals surface area contributed by atoms with Crippen molar-refractivity contribution in [1.82, 2.24) is 0 Å². The van der Waals surface area contributed by atoms with Crippen molar-refractivity contribution < 1.29 is 13.6 Å². The SMILES string of the molecule is C1C2C13C21C24C5C(OP(OC6C7C68C76C79C%10CC%107C896)OC6C7C68C76C79C%10CC%107C896)C52C314. The fourth-order valence-electron chi connectivity index (χ4n) is 23.4. The third-order valence-electron chi connectivity index (χ3n) is 22.1. The van der Waals surface area contributed by atoms with Crippen molar-refractivity contribution in [2.75, 3.05) is 0 Å². The summed E-state index contributed by atoms with van der Waals surface area (Å²) >= 11 is 0. The summed E-state index contributed by atoms with van der Waals surface area (Å²) in [4.78, 5) is 0. The summed E-state index contributed by atoms with van der Waals surface area (Å²) < 4.78 is 20.7. The molecule has 3 nitrogen and oxygen atoms in total. The quantitative estimate of drug-likeness (QED) is 0.620. The predicted molar refractivity (Wildman–Crippen MR) is 92.8 cm³/mol. The first-order valence-electron chi connectivity index (χ1n) is 14.1. The smallest absolute Gasteiger partial charge is 0.308 e. The molecule has 24 atom stereocenters. The van der Waals surface area contributed by atoms with Crippen LogP contribution < -0.4 is 0 Å². The maximum atomic E-state index is 6.90. The van der Waals surface area contributed by atoms with Gasteiger partial charge in [0.05, 0.1) is 18.3 Å². The van der Waals surface area contributed by atoms with Crippen molar-refractivity contribution in [2.24, 2.45) is 117 Å². The Balaban J connectivity index is 0.683. The van der Waals surface area contributed by atoms with Crippen LogP contribution in [-0.2, 0) is 13.6 Å². The molecule has 0 N–H and O–H groups in total. The Hall–Kier alpha value is 0.310. The van der Waals surface area contributed by atoms with Gasteiger partial charge in [0, 0.05) is 50.2 Å². The zero-order valence-corrected chi connectivity index (χ0v) is 17.4. The number of hydrogen-bond donors (Lipinski definition) is 0. The van der Waals surface area contributed by atoms with Gasteiger partial charge in [-0.25, -0.2) is 0 Å². The van der Waals surface area contributed by atoms with Crippen LogP contribution in [0.5, 0.6) is 0 Å². The minimum Gasteiger partial charge on any atom is -0.308 e. The van der Waals surface area contributed by atoms with Crippen molar-refractivity contribution in [3.8, 4) is 0 Å². The lowest BCUT2D eigenvalue weighted by Crippen LogP contribution is -2.20. The molecular weight excluding hydrogens is 403 g/mol. The van der Waals surface area contributed by atoms with Crippen molar-refractivity contribution in [2.45, 2.75) is 37.6 Å². The summed E-state index contributed by atoms with van der Waals surface area (Å²) in [5.41, 5.74) is 13.7. The third kappa shape index (κ3) is 0.318. The van der Waals surface area contributed by atoms with Crippen LogP contribution in [0, 0.1) is 117 Å². The Morgan fingerprint density at radius 1 is 0.484 bits per heavy atom. The second-order valence-electron chi connectivity index (χ2n) is 18.1. The first kappa shape index (κ1) is 10.9. The lowest BCUT2D eigenvalue weighted by molar-refractivity contribution is 0.0721. The van der Waals surface area contributed by atoms with Gasteiger partial charge in [-0.15, -0.1) is 0 Å². The Morgan fingerprint density at radius 3 is 1.10 bits per heavy atom. The molecule has 0 bridgehead atoms. The molecule has 21 aliphatic carbocycles. The maximum absolute atomic E-state index is 6.90. The predicted octanol–water partition coefficient (Wildman–Crippen LogP) is 2.32. The van der Waals surface area contributed by atoms with Crippen molar-refractivity contribution >= 4 is 8.60 Å². The molecule has 31 heavy (non-hydrogen) atoms. The molecule has 0 heterocycles. The normalized spacial score (nSPS) is 129. The van der Waals surface area contributed by atoms with Crippen LogP contribution in [0.4, 0.5) is 0 Å². The third-order valence-corrected chi connectivity index (χ3v) is 23.3. The van der Waals surface area contributed by atoms with E-state index < -0.39 is 8.60 Å². The summed E-state index contributed by atoms with van der Waals surface area (Å²) in [5.74, 6) is 6.73. The van der Waals surface area contributed by atoms with E-state index in [9.17, 15) is 0 Å².